The Morgan fingerprint density at radius 2 is 1.87 bits per heavy atom. The topological polar surface area (TPSA) is 82.1 Å². The number of carbonyl (C=O) groups excluding carboxylic acids is 3. The van der Waals surface area contributed by atoms with Crippen molar-refractivity contribution >= 4 is 17.7 Å². The van der Waals surface area contributed by atoms with Gasteiger partial charge in [-0.05, 0) is 43.4 Å². The summed E-state index contributed by atoms with van der Waals surface area (Å²) < 4.78 is 16.0. The van der Waals surface area contributed by atoms with Crippen molar-refractivity contribution in [2.45, 2.75) is 44.2 Å². The number of esters is 1. The van der Waals surface area contributed by atoms with E-state index < -0.39 is 12.0 Å². The Labute approximate surface area is 176 Å². The molecule has 3 unspecified atom stereocenters. The van der Waals surface area contributed by atoms with Gasteiger partial charge in [-0.15, -0.1) is 0 Å². The summed E-state index contributed by atoms with van der Waals surface area (Å²) in [6.45, 7) is 0.970. The van der Waals surface area contributed by atoms with Gasteiger partial charge in [0.1, 0.15) is 6.10 Å². The summed E-state index contributed by atoms with van der Waals surface area (Å²) in [6.07, 6.45) is 4.08. The number of benzene rings is 1. The summed E-state index contributed by atoms with van der Waals surface area (Å²) in [7, 11) is 2.95. The van der Waals surface area contributed by atoms with Gasteiger partial charge in [-0.2, -0.15) is 0 Å². The van der Waals surface area contributed by atoms with E-state index in [-0.39, 0.29) is 29.5 Å². The van der Waals surface area contributed by atoms with Crippen LogP contribution in [0.4, 0.5) is 0 Å². The van der Waals surface area contributed by atoms with Gasteiger partial charge < -0.3 is 19.1 Å². The molecule has 2 heterocycles. The summed E-state index contributed by atoms with van der Waals surface area (Å²) >= 11 is 0. The number of Topliss-reactive ketones (excluding diaryl/α,β-unsaturated/α-hetero) is 1. The highest BCUT2D eigenvalue weighted by atomic mass is 16.5. The molecule has 0 bridgehead atoms. The number of hydrogen-bond acceptors (Lipinski definition) is 6. The lowest BCUT2D eigenvalue weighted by molar-refractivity contribution is -0.135. The minimum atomic E-state index is -0.508. The molecule has 0 aromatic heterocycles. The van der Waals surface area contributed by atoms with Crippen molar-refractivity contribution in [3.8, 4) is 0 Å². The fraction of sp³-hybridized carbons (Fsp3) is 0.522. The summed E-state index contributed by atoms with van der Waals surface area (Å²) in [5, 5.41) is 0. The fourth-order valence-corrected chi connectivity index (χ4v) is 4.77. The van der Waals surface area contributed by atoms with Crippen LogP contribution in [0.2, 0.25) is 0 Å². The van der Waals surface area contributed by atoms with Crippen LogP contribution in [-0.2, 0) is 23.8 Å². The summed E-state index contributed by atoms with van der Waals surface area (Å²) in [4.78, 5) is 40.2. The molecule has 0 N–H and O–H groups in total. The highest BCUT2D eigenvalue weighted by Gasteiger charge is 2.51. The monoisotopic (exact) mass is 413 g/mol. The second kappa shape index (κ2) is 8.60. The smallest absolute Gasteiger partial charge is 0.337 e. The molecule has 0 radical (unpaired) electrons. The van der Waals surface area contributed by atoms with Gasteiger partial charge in [0.05, 0.1) is 30.2 Å². The van der Waals surface area contributed by atoms with Gasteiger partial charge in [0.15, 0.2) is 11.5 Å². The van der Waals surface area contributed by atoms with Gasteiger partial charge in [0.25, 0.3) is 5.91 Å². The van der Waals surface area contributed by atoms with Crippen molar-refractivity contribution in [1.29, 1.82) is 0 Å². The average Bonchev–Trinajstić information content (AvgIpc) is 3.06. The largest absolute Gasteiger partial charge is 0.483 e. The first-order valence-electron chi connectivity index (χ1n) is 10.5. The number of amides is 1. The van der Waals surface area contributed by atoms with Gasteiger partial charge in [0, 0.05) is 20.3 Å². The summed E-state index contributed by atoms with van der Waals surface area (Å²) in [5.41, 5.74) is 1.67. The molecule has 1 aromatic rings. The predicted octanol–water partition coefficient (Wildman–Crippen LogP) is 2.81. The highest BCUT2D eigenvalue weighted by molar-refractivity contribution is 6.11. The maximum Gasteiger partial charge on any atom is 0.337 e. The van der Waals surface area contributed by atoms with Crippen molar-refractivity contribution in [3.05, 3.63) is 46.7 Å². The molecule has 1 saturated carbocycles. The minimum absolute atomic E-state index is 0.0329. The molecule has 4 rings (SSSR count). The number of rotatable bonds is 6. The van der Waals surface area contributed by atoms with E-state index in [0.29, 0.717) is 30.7 Å². The zero-order chi connectivity index (χ0) is 21.3. The molecule has 1 aliphatic carbocycles. The van der Waals surface area contributed by atoms with Crippen LogP contribution in [0.15, 0.2) is 35.6 Å². The third-order valence-corrected chi connectivity index (χ3v) is 6.25. The van der Waals surface area contributed by atoms with Crippen LogP contribution in [0.25, 0.3) is 0 Å². The third-order valence-electron chi connectivity index (χ3n) is 6.25. The molecule has 7 heteroatoms. The molecular formula is C23H27NO6. The third kappa shape index (κ3) is 3.51. The number of methoxy groups -OCH3 is 2. The van der Waals surface area contributed by atoms with Crippen molar-refractivity contribution in [2.24, 2.45) is 5.92 Å². The van der Waals surface area contributed by atoms with E-state index >= 15 is 0 Å². The van der Waals surface area contributed by atoms with Gasteiger partial charge in [-0.1, -0.05) is 18.6 Å². The van der Waals surface area contributed by atoms with Crippen LogP contribution in [0.1, 0.15) is 54.1 Å². The number of carbonyl (C=O) groups is 3. The van der Waals surface area contributed by atoms with E-state index in [4.69, 9.17) is 14.2 Å². The first kappa shape index (κ1) is 20.6. The Hall–Kier alpha value is -2.67. The second-order valence-electron chi connectivity index (χ2n) is 8.02. The first-order chi connectivity index (χ1) is 14.6. The maximum absolute atomic E-state index is 13.5. The van der Waals surface area contributed by atoms with E-state index in [0.717, 1.165) is 31.2 Å². The number of ether oxygens (including phenoxy) is 3. The Balaban J connectivity index is 1.71. The zero-order valence-corrected chi connectivity index (χ0v) is 17.4. The molecule has 1 amide bonds. The molecule has 7 nitrogen and oxygen atoms in total. The number of nitrogens with zero attached hydrogens (tertiary/aromatic N) is 1. The SMILES string of the molecule is COCCCN1C(=O)C2=C(C(=O)C3CCCCC3O2)C1c1ccc(C(=O)OC)cc1. The van der Waals surface area contributed by atoms with E-state index in [2.05, 4.69) is 0 Å². The van der Waals surface area contributed by atoms with Gasteiger partial charge in [-0.25, -0.2) is 4.79 Å². The Bertz CT molecular complexity index is 874. The Morgan fingerprint density at radius 3 is 2.57 bits per heavy atom. The normalized spacial score (nSPS) is 25.7. The number of hydrogen-bond donors (Lipinski definition) is 0. The number of fused-ring (bicyclic) bond motifs is 1. The molecule has 0 saturated heterocycles. The molecule has 1 aromatic carbocycles. The second-order valence-corrected chi connectivity index (χ2v) is 8.02. The van der Waals surface area contributed by atoms with Crippen molar-refractivity contribution in [3.63, 3.8) is 0 Å². The molecule has 2 aliphatic heterocycles. The summed E-state index contributed by atoms with van der Waals surface area (Å²) in [6, 6.07) is 6.38. The van der Waals surface area contributed by atoms with E-state index in [1.165, 1.54) is 7.11 Å². The zero-order valence-electron chi connectivity index (χ0n) is 17.4. The average molecular weight is 413 g/mol. The molecule has 0 spiro atoms. The lowest BCUT2D eigenvalue weighted by atomic mass is 9.77. The minimum Gasteiger partial charge on any atom is -0.483 e. The quantitative estimate of drug-likeness (QED) is 0.527. The lowest BCUT2D eigenvalue weighted by Crippen LogP contribution is -2.39. The van der Waals surface area contributed by atoms with E-state index in [9.17, 15) is 14.4 Å². The van der Waals surface area contributed by atoms with Gasteiger partial charge in [-0.3, -0.25) is 9.59 Å². The molecule has 3 atom stereocenters. The molecule has 30 heavy (non-hydrogen) atoms. The molecule has 1 fully saturated rings. The molecule has 3 aliphatic rings. The van der Waals surface area contributed by atoms with Crippen LogP contribution in [0.5, 0.6) is 0 Å². The fourth-order valence-electron chi connectivity index (χ4n) is 4.77. The summed E-state index contributed by atoms with van der Waals surface area (Å²) in [5.74, 6) is -0.599. The van der Waals surface area contributed by atoms with Gasteiger partial charge >= 0.3 is 5.97 Å². The van der Waals surface area contributed by atoms with Crippen LogP contribution in [0.3, 0.4) is 0 Å². The molecular weight excluding hydrogens is 386 g/mol. The molecule has 160 valence electrons. The van der Waals surface area contributed by atoms with Crippen LogP contribution >= 0.6 is 0 Å². The predicted molar refractivity (Wildman–Crippen MR) is 108 cm³/mol. The Morgan fingerprint density at radius 1 is 1.13 bits per heavy atom. The maximum atomic E-state index is 13.5. The highest BCUT2D eigenvalue weighted by Crippen LogP contribution is 2.46. The standard InChI is InChI=1S/C23H27NO6/c1-28-13-5-12-24-19(14-8-10-15(11-9-14)23(27)29-2)18-20(25)16-6-3-4-7-17(16)30-21(18)22(24)26/h8-11,16-17,19H,3-7,12-13H2,1-2H3. The van der Waals surface area contributed by atoms with Crippen molar-refractivity contribution in [1.82, 2.24) is 4.90 Å². The van der Waals surface area contributed by atoms with E-state index in [1.54, 1.807) is 36.3 Å². The van der Waals surface area contributed by atoms with Crippen molar-refractivity contribution in [2.75, 3.05) is 27.4 Å². The Kier molecular flexibility index (Phi) is 5.90. The van der Waals surface area contributed by atoms with Gasteiger partial charge in [0.2, 0.25) is 0 Å². The first-order valence-corrected chi connectivity index (χ1v) is 10.5. The van der Waals surface area contributed by atoms with Crippen molar-refractivity contribution < 1.29 is 28.6 Å². The van der Waals surface area contributed by atoms with Crippen LogP contribution < -0.4 is 0 Å². The lowest BCUT2D eigenvalue weighted by Gasteiger charge is -2.35. The number of ketones is 1. The van der Waals surface area contributed by atoms with Crippen LogP contribution in [-0.4, -0.2) is 56.0 Å². The van der Waals surface area contributed by atoms with Crippen LogP contribution in [0, 0.1) is 5.92 Å². The van der Waals surface area contributed by atoms with E-state index in [1.807, 2.05) is 0 Å².